The van der Waals surface area contributed by atoms with E-state index in [0.717, 1.165) is 11.7 Å². The fraction of sp³-hybridized carbons (Fsp3) is 0.643. The van der Waals surface area contributed by atoms with Gasteiger partial charge in [-0.1, -0.05) is 0 Å². The molecule has 0 radical (unpaired) electrons. The van der Waals surface area contributed by atoms with E-state index in [-0.39, 0.29) is 5.82 Å². The monoisotopic (exact) mass is 422 g/mol. The van der Waals surface area contributed by atoms with E-state index in [1.807, 2.05) is 0 Å². The van der Waals surface area contributed by atoms with Gasteiger partial charge in [-0.15, -0.1) is 0 Å². The van der Waals surface area contributed by atoms with Crippen molar-refractivity contribution < 1.29 is 38.1 Å². The van der Waals surface area contributed by atoms with Gasteiger partial charge in [0, 0.05) is 13.3 Å². The number of aromatic nitrogens is 2. The fourth-order valence-electron chi connectivity index (χ4n) is 2.64. The molecule has 1 unspecified atom stereocenters. The number of esters is 1. The van der Waals surface area contributed by atoms with Crippen molar-refractivity contribution in [2.75, 3.05) is 26.6 Å². The van der Waals surface area contributed by atoms with Gasteiger partial charge in [-0.25, -0.2) is 14.4 Å². The molecule has 6 atom stereocenters. The number of carbonyl (C=O) groups is 1. The Kier molecular flexibility index (Phi) is 7.28. The fourth-order valence-corrected chi connectivity index (χ4v) is 3.66. The number of anilines is 1. The Bertz CT molecular complexity index is 803. The average Bonchev–Trinajstić information content (AvgIpc) is 2.94. The molecule has 158 valence electrons. The van der Waals surface area contributed by atoms with Gasteiger partial charge in [0.05, 0.1) is 13.7 Å². The van der Waals surface area contributed by atoms with Gasteiger partial charge in [0.15, 0.2) is 6.23 Å². The van der Waals surface area contributed by atoms with Gasteiger partial charge in [0.2, 0.25) is 0 Å². The van der Waals surface area contributed by atoms with E-state index in [1.54, 1.807) is 0 Å². The second kappa shape index (κ2) is 9.09. The van der Waals surface area contributed by atoms with Crippen LogP contribution < -0.4 is 16.5 Å². The molecule has 5 N–H and O–H groups in total. The lowest BCUT2D eigenvalue weighted by molar-refractivity contribution is -0.142. The first kappa shape index (κ1) is 22.4. The maximum absolute atomic E-state index is 12.1. The lowest BCUT2D eigenvalue weighted by Crippen LogP contribution is -2.38. The standard InChI is InChI=1S/C14H23N4O9P/c1-7(13(20)25-3)17-28(22,23)26-6-8-10(19)11(24-2)12(27-8)18-5-4-9(15)16-14(18)21/h4-5,7-8,10-12,19H,6H2,1-3H3,(H2,15,16,21)(H2,17,22,23)/t7-,8+,10+,11+,12+/m0/s1. The Morgan fingerprint density at radius 1 is 1.54 bits per heavy atom. The molecule has 1 saturated heterocycles. The highest BCUT2D eigenvalue weighted by atomic mass is 31.2. The molecule has 1 aromatic heterocycles. The van der Waals surface area contributed by atoms with Gasteiger partial charge in [0.25, 0.3) is 0 Å². The van der Waals surface area contributed by atoms with Crippen LogP contribution in [0.15, 0.2) is 17.1 Å². The Morgan fingerprint density at radius 2 is 2.21 bits per heavy atom. The first-order valence-corrected chi connectivity index (χ1v) is 9.71. The highest BCUT2D eigenvalue weighted by molar-refractivity contribution is 7.50. The van der Waals surface area contributed by atoms with Gasteiger partial charge in [0.1, 0.15) is 30.2 Å². The second-order valence-corrected chi connectivity index (χ2v) is 7.55. The molecule has 0 amide bonds. The molecule has 1 fully saturated rings. The first-order chi connectivity index (χ1) is 13.1. The summed E-state index contributed by atoms with van der Waals surface area (Å²) in [7, 11) is -1.98. The van der Waals surface area contributed by atoms with E-state index in [2.05, 4.69) is 14.8 Å². The van der Waals surface area contributed by atoms with E-state index >= 15 is 0 Å². The summed E-state index contributed by atoms with van der Waals surface area (Å²) >= 11 is 0. The number of nitrogens with zero attached hydrogens (tertiary/aromatic N) is 2. The van der Waals surface area contributed by atoms with Gasteiger partial charge in [-0.05, 0) is 13.0 Å². The van der Waals surface area contributed by atoms with Crippen LogP contribution in [0.4, 0.5) is 5.82 Å². The summed E-state index contributed by atoms with van der Waals surface area (Å²) in [4.78, 5) is 36.8. The number of methoxy groups -OCH3 is 2. The van der Waals surface area contributed by atoms with E-state index < -0.39 is 56.6 Å². The first-order valence-electron chi connectivity index (χ1n) is 8.13. The molecule has 0 spiro atoms. The molecule has 2 heterocycles. The minimum atomic E-state index is -4.41. The lowest BCUT2D eigenvalue weighted by atomic mass is 10.1. The van der Waals surface area contributed by atoms with Crippen molar-refractivity contribution in [3.05, 3.63) is 22.7 Å². The predicted octanol–water partition coefficient (Wildman–Crippen LogP) is -1.63. The summed E-state index contributed by atoms with van der Waals surface area (Å²) in [5.41, 5.74) is 4.73. The zero-order valence-corrected chi connectivity index (χ0v) is 16.3. The molecule has 1 aliphatic heterocycles. The SMILES string of the molecule is COC(=O)[C@H](C)NP(=O)(O)OC[C@H]1O[C@@H](n2ccc(N)nc2=O)[C@H](OC)[C@@H]1O. The zero-order chi connectivity index (χ0) is 21.1. The Labute approximate surface area is 159 Å². The normalized spacial score (nSPS) is 27.9. The molecule has 1 aromatic rings. The van der Waals surface area contributed by atoms with Crippen LogP contribution in [-0.2, 0) is 28.1 Å². The zero-order valence-electron chi connectivity index (χ0n) is 15.4. The van der Waals surface area contributed by atoms with Crippen molar-refractivity contribution in [1.29, 1.82) is 0 Å². The molecule has 0 aliphatic carbocycles. The van der Waals surface area contributed by atoms with Crippen LogP contribution in [0, 0.1) is 0 Å². The maximum atomic E-state index is 12.1. The van der Waals surface area contributed by atoms with Gasteiger partial charge >= 0.3 is 19.4 Å². The summed E-state index contributed by atoms with van der Waals surface area (Å²) in [6.07, 6.45) is -3.09. The number of hydrogen-bond donors (Lipinski definition) is 4. The third-order valence-electron chi connectivity index (χ3n) is 4.04. The molecule has 0 aromatic carbocycles. The highest BCUT2D eigenvalue weighted by Crippen LogP contribution is 2.40. The number of nitrogens with two attached hydrogens (primary N) is 1. The van der Waals surface area contributed by atoms with E-state index in [9.17, 15) is 24.2 Å². The number of aliphatic hydroxyl groups is 1. The largest absolute Gasteiger partial charge is 0.468 e. The summed E-state index contributed by atoms with van der Waals surface area (Å²) in [5, 5.41) is 12.5. The Morgan fingerprint density at radius 3 is 2.79 bits per heavy atom. The summed E-state index contributed by atoms with van der Waals surface area (Å²) in [6, 6.07) is 0.266. The third-order valence-corrected chi connectivity index (χ3v) is 5.25. The topological polar surface area (TPSA) is 184 Å². The van der Waals surface area contributed by atoms with Crippen molar-refractivity contribution >= 4 is 19.5 Å². The smallest absolute Gasteiger partial charge is 0.403 e. The molecule has 28 heavy (non-hydrogen) atoms. The van der Waals surface area contributed by atoms with Crippen LogP contribution in [0.25, 0.3) is 0 Å². The number of carbonyl (C=O) groups excluding carboxylic acids is 1. The van der Waals surface area contributed by atoms with Crippen LogP contribution in [0.3, 0.4) is 0 Å². The van der Waals surface area contributed by atoms with Crippen molar-refractivity contribution in [2.24, 2.45) is 0 Å². The predicted molar refractivity (Wildman–Crippen MR) is 94.0 cm³/mol. The van der Waals surface area contributed by atoms with E-state index in [4.69, 9.17) is 19.7 Å². The number of hydrogen-bond acceptors (Lipinski definition) is 10. The molecule has 0 bridgehead atoms. The van der Waals surface area contributed by atoms with E-state index in [1.165, 1.54) is 26.3 Å². The van der Waals surface area contributed by atoms with Crippen LogP contribution >= 0.6 is 7.75 Å². The molecular formula is C14H23N4O9P. The molecule has 0 saturated carbocycles. The summed E-state index contributed by atoms with van der Waals surface area (Å²) in [5.74, 6) is -0.745. The summed E-state index contributed by atoms with van der Waals surface area (Å²) in [6.45, 7) is 0.792. The molecule has 1 aliphatic rings. The number of rotatable bonds is 8. The molecular weight excluding hydrogens is 399 g/mol. The van der Waals surface area contributed by atoms with Crippen LogP contribution in [0.5, 0.6) is 0 Å². The minimum absolute atomic E-state index is 0.0145. The Hall–Kier alpha value is -1.86. The number of aliphatic hydroxyl groups excluding tert-OH is 1. The van der Waals surface area contributed by atoms with Crippen LogP contribution in [-0.4, -0.2) is 70.7 Å². The van der Waals surface area contributed by atoms with Gasteiger partial charge in [-0.3, -0.25) is 13.9 Å². The number of ether oxygens (including phenoxy) is 3. The molecule has 13 nitrogen and oxygen atoms in total. The van der Waals surface area contributed by atoms with Gasteiger partial charge < -0.3 is 29.9 Å². The van der Waals surface area contributed by atoms with Crippen LogP contribution in [0.1, 0.15) is 13.2 Å². The maximum Gasteiger partial charge on any atom is 0.403 e. The van der Waals surface area contributed by atoms with Crippen LogP contribution in [0.2, 0.25) is 0 Å². The Balaban J connectivity index is 2.07. The highest BCUT2D eigenvalue weighted by Gasteiger charge is 2.46. The minimum Gasteiger partial charge on any atom is -0.468 e. The van der Waals surface area contributed by atoms with Crippen molar-refractivity contribution in [1.82, 2.24) is 14.6 Å². The van der Waals surface area contributed by atoms with Gasteiger partial charge in [-0.2, -0.15) is 4.98 Å². The van der Waals surface area contributed by atoms with Crippen molar-refractivity contribution in [2.45, 2.75) is 37.5 Å². The quantitative estimate of drug-likeness (QED) is 0.277. The van der Waals surface area contributed by atoms with Crippen molar-refractivity contribution in [3.8, 4) is 0 Å². The molecule has 14 heteroatoms. The molecule has 2 rings (SSSR count). The van der Waals surface area contributed by atoms with Crippen molar-refractivity contribution in [3.63, 3.8) is 0 Å². The summed E-state index contributed by atoms with van der Waals surface area (Å²) < 4.78 is 33.3. The van der Waals surface area contributed by atoms with E-state index in [0.29, 0.717) is 0 Å². The lowest BCUT2D eigenvalue weighted by Gasteiger charge is -2.20. The number of nitrogen functional groups attached to an aromatic ring is 1. The third kappa shape index (κ3) is 5.14. The average molecular weight is 422 g/mol. The number of nitrogens with one attached hydrogen (secondary N) is 1. The second-order valence-electron chi connectivity index (χ2n) is 5.99.